The van der Waals surface area contributed by atoms with E-state index in [1.807, 2.05) is 25.1 Å². The average molecular weight is 321 g/mol. The van der Waals surface area contributed by atoms with Crippen molar-refractivity contribution < 1.29 is 19.5 Å². The lowest BCUT2D eigenvalue weighted by molar-refractivity contribution is -0.141. The number of carboxylic acid groups (broad SMARTS) is 1. The number of nitrogens with zero attached hydrogens (tertiary/aromatic N) is 2. The number of carbonyl (C=O) groups is 3. The Morgan fingerprint density at radius 1 is 1.26 bits per heavy atom. The smallest absolute Gasteiger partial charge is 0.326 e. The van der Waals surface area contributed by atoms with Gasteiger partial charge in [0.1, 0.15) is 6.04 Å². The van der Waals surface area contributed by atoms with Gasteiger partial charge in [0, 0.05) is 45.4 Å². The molecule has 2 N–H and O–H groups in total. The van der Waals surface area contributed by atoms with E-state index in [0.717, 1.165) is 5.69 Å². The monoisotopic (exact) mass is 321 g/mol. The van der Waals surface area contributed by atoms with Crippen molar-refractivity contribution in [2.45, 2.75) is 19.9 Å². The van der Waals surface area contributed by atoms with Crippen LogP contribution in [-0.4, -0.2) is 61.0 Å². The molecule has 7 heteroatoms. The summed E-state index contributed by atoms with van der Waals surface area (Å²) >= 11 is 0. The van der Waals surface area contributed by atoms with E-state index in [9.17, 15) is 19.5 Å². The number of anilines is 1. The number of nitrogens with one attached hydrogen (secondary N) is 1. The van der Waals surface area contributed by atoms with Gasteiger partial charge in [-0.1, -0.05) is 6.07 Å². The summed E-state index contributed by atoms with van der Waals surface area (Å²) in [5, 5.41) is 11.8. The van der Waals surface area contributed by atoms with E-state index in [-0.39, 0.29) is 24.9 Å². The van der Waals surface area contributed by atoms with E-state index >= 15 is 0 Å². The lowest BCUT2D eigenvalue weighted by atomic mass is 10.1. The number of benzene rings is 1. The van der Waals surface area contributed by atoms with E-state index in [1.165, 1.54) is 18.7 Å². The van der Waals surface area contributed by atoms with Crippen LogP contribution in [-0.2, 0) is 9.59 Å². The van der Waals surface area contributed by atoms with Gasteiger partial charge < -0.3 is 20.2 Å². The summed E-state index contributed by atoms with van der Waals surface area (Å²) in [6.07, 6.45) is 0. The zero-order chi connectivity index (χ0) is 17.6. The Labute approximate surface area is 135 Å². The molecule has 2 amide bonds. The molecule has 1 atom stereocenters. The van der Waals surface area contributed by atoms with E-state index in [1.54, 1.807) is 18.2 Å². The molecular formula is C16H23N3O4. The maximum Gasteiger partial charge on any atom is 0.326 e. The number of hydrogen-bond donors (Lipinski definition) is 2. The van der Waals surface area contributed by atoms with Gasteiger partial charge in [-0.3, -0.25) is 9.59 Å². The summed E-state index contributed by atoms with van der Waals surface area (Å²) in [5.74, 6) is -1.70. The van der Waals surface area contributed by atoms with Crippen LogP contribution in [0.3, 0.4) is 0 Å². The maximum absolute atomic E-state index is 12.7. The highest BCUT2D eigenvalue weighted by atomic mass is 16.4. The molecule has 0 bridgehead atoms. The highest BCUT2D eigenvalue weighted by molar-refractivity contribution is 5.97. The average Bonchev–Trinajstić information content (AvgIpc) is 2.50. The van der Waals surface area contributed by atoms with E-state index < -0.39 is 12.0 Å². The van der Waals surface area contributed by atoms with E-state index in [0.29, 0.717) is 5.56 Å². The number of carbonyl (C=O) groups excluding carboxylic acids is 2. The zero-order valence-electron chi connectivity index (χ0n) is 13.9. The Morgan fingerprint density at radius 3 is 2.43 bits per heavy atom. The van der Waals surface area contributed by atoms with Crippen LogP contribution in [0.1, 0.15) is 24.2 Å². The summed E-state index contributed by atoms with van der Waals surface area (Å²) in [5.41, 5.74) is 1.26. The minimum Gasteiger partial charge on any atom is -0.480 e. The van der Waals surface area contributed by atoms with Crippen LogP contribution in [0, 0.1) is 0 Å². The highest BCUT2D eigenvalue weighted by Crippen LogP contribution is 2.16. The summed E-state index contributed by atoms with van der Waals surface area (Å²) in [6.45, 7) is 3.14. The first-order valence-electron chi connectivity index (χ1n) is 7.29. The van der Waals surface area contributed by atoms with Crippen LogP contribution < -0.4 is 10.2 Å². The highest BCUT2D eigenvalue weighted by Gasteiger charge is 2.26. The lowest BCUT2D eigenvalue weighted by Crippen LogP contribution is -2.46. The Bertz CT molecular complexity index is 586. The second kappa shape index (κ2) is 8.17. The SMILES string of the molecule is CC(=O)NCCN(C(=O)c1cccc(N(C)C)c1)C(C)C(=O)O. The number of amides is 2. The molecule has 126 valence electrons. The first-order valence-corrected chi connectivity index (χ1v) is 7.29. The third-order valence-electron chi connectivity index (χ3n) is 3.42. The molecule has 0 saturated carbocycles. The predicted molar refractivity (Wildman–Crippen MR) is 87.6 cm³/mol. The Balaban J connectivity index is 3.00. The van der Waals surface area contributed by atoms with Crippen molar-refractivity contribution in [1.82, 2.24) is 10.2 Å². The van der Waals surface area contributed by atoms with Gasteiger partial charge in [-0.15, -0.1) is 0 Å². The molecule has 23 heavy (non-hydrogen) atoms. The molecule has 1 aromatic carbocycles. The number of carboxylic acids is 1. The zero-order valence-corrected chi connectivity index (χ0v) is 13.9. The number of aliphatic carboxylic acids is 1. The minimum absolute atomic E-state index is 0.123. The van der Waals surface area contributed by atoms with Crippen molar-refractivity contribution in [3.05, 3.63) is 29.8 Å². The van der Waals surface area contributed by atoms with Crippen LogP contribution in [0.4, 0.5) is 5.69 Å². The summed E-state index contributed by atoms with van der Waals surface area (Å²) in [6, 6.07) is 5.98. The van der Waals surface area contributed by atoms with Crippen molar-refractivity contribution in [3.8, 4) is 0 Å². The quantitative estimate of drug-likeness (QED) is 0.775. The lowest BCUT2D eigenvalue weighted by Gasteiger charge is -2.27. The van der Waals surface area contributed by atoms with Crippen LogP contribution >= 0.6 is 0 Å². The summed E-state index contributed by atoms with van der Waals surface area (Å²) in [7, 11) is 3.72. The molecular weight excluding hydrogens is 298 g/mol. The molecule has 7 nitrogen and oxygen atoms in total. The molecule has 0 aliphatic heterocycles. The van der Waals surface area contributed by atoms with Crippen LogP contribution in [0.2, 0.25) is 0 Å². The summed E-state index contributed by atoms with van der Waals surface area (Å²) < 4.78 is 0. The predicted octanol–water partition coefficient (Wildman–Crippen LogP) is 0.804. The Hall–Kier alpha value is -2.57. The molecule has 0 aliphatic carbocycles. The largest absolute Gasteiger partial charge is 0.480 e. The topological polar surface area (TPSA) is 90.0 Å². The molecule has 0 heterocycles. The van der Waals surface area contributed by atoms with Gasteiger partial charge in [0.25, 0.3) is 5.91 Å². The molecule has 0 saturated heterocycles. The fourth-order valence-electron chi connectivity index (χ4n) is 2.04. The fourth-order valence-corrected chi connectivity index (χ4v) is 2.04. The Morgan fingerprint density at radius 2 is 1.91 bits per heavy atom. The van der Waals surface area contributed by atoms with Gasteiger partial charge in [-0.25, -0.2) is 4.79 Å². The second-order valence-corrected chi connectivity index (χ2v) is 5.44. The van der Waals surface area contributed by atoms with Gasteiger partial charge >= 0.3 is 5.97 Å². The molecule has 0 fully saturated rings. The molecule has 0 radical (unpaired) electrons. The standard InChI is InChI=1S/C16H23N3O4/c1-11(16(22)23)19(9-8-17-12(2)20)15(21)13-6-5-7-14(10-13)18(3)4/h5-7,10-11H,8-9H2,1-4H3,(H,17,20)(H,22,23). The van der Waals surface area contributed by atoms with Crippen molar-refractivity contribution >= 4 is 23.5 Å². The van der Waals surface area contributed by atoms with Gasteiger partial charge in [-0.05, 0) is 25.1 Å². The first kappa shape index (κ1) is 18.5. The van der Waals surface area contributed by atoms with E-state index in [4.69, 9.17) is 0 Å². The van der Waals surface area contributed by atoms with Gasteiger partial charge in [0.2, 0.25) is 5.91 Å². The van der Waals surface area contributed by atoms with Gasteiger partial charge in [0.05, 0.1) is 0 Å². The normalized spacial score (nSPS) is 11.5. The molecule has 0 aliphatic rings. The Kier molecular flexibility index (Phi) is 6.56. The molecule has 0 aromatic heterocycles. The van der Waals surface area contributed by atoms with Crippen molar-refractivity contribution in [3.63, 3.8) is 0 Å². The van der Waals surface area contributed by atoms with Crippen molar-refractivity contribution in [2.75, 3.05) is 32.1 Å². The first-order chi connectivity index (χ1) is 10.7. The van der Waals surface area contributed by atoms with Gasteiger partial charge in [-0.2, -0.15) is 0 Å². The fraction of sp³-hybridized carbons (Fsp3) is 0.438. The van der Waals surface area contributed by atoms with E-state index in [2.05, 4.69) is 5.32 Å². The third kappa shape index (κ3) is 5.28. The number of hydrogen-bond acceptors (Lipinski definition) is 4. The number of rotatable bonds is 7. The van der Waals surface area contributed by atoms with Crippen molar-refractivity contribution in [1.29, 1.82) is 0 Å². The van der Waals surface area contributed by atoms with Crippen LogP contribution in [0.15, 0.2) is 24.3 Å². The molecule has 1 aromatic rings. The van der Waals surface area contributed by atoms with Crippen LogP contribution in [0.25, 0.3) is 0 Å². The molecule has 1 rings (SSSR count). The van der Waals surface area contributed by atoms with Crippen LogP contribution in [0.5, 0.6) is 0 Å². The summed E-state index contributed by atoms with van der Waals surface area (Å²) in [4.78, 5) is 38.0. The maximum atomic E-state index is 12.7. The molecule has 0 spiro atoms. The molecule has 1 unspecified atom stereocenters. The minimum atomic E-state index is -1.09. The van der Waals surface area contributed by atoms with Gasteiger partial charge in [0.15, 0.2) is 0 Å². The second-order valence-electron chi connectivity index (χ2n) is 5.44. The van der Waals surface area contributed by atoms with Crippen molar-refractivity contribution in [2.24, 2.45) is 0 Å². The third-order valence-corrected chi connectivity index (χ3v) is 3.42.